The highest BCUT2D eigenvalue weighted by molar-refractivity contribution is 5.94. The molecule has 0 amide bonds. The van der Waals surface area contributed by atoms with Crippen molar-refractivity contribution in [2.24, 2.45) is 0 Å². The van der Waals surface area contributed by atoms with Gasteiger partial charge in [-0.3, -0.25) is 9.69 Å². The molecule has 0 heterocycles. The summed E-state index contributed by atoms with van der Waals surface area (Å²) in [6.45, 7) is 17.5. The lowest BCUT2D eigenvalue weighted by atomic mass is 9.84. The van der Waals surface area contributed by atoms with Crippen molar-refractivity contribution in [2.45, 2.75) is 92.7 Å². The number of rotatable bonds is 14. The molecule has 0 fully saturated rings. The molecule has 0 bridgehead atoms. The molecule has 3 rings (SSSR count). The second-order valence-corrected chi connectivity index (χ2v) is 12.2. The van der Waals surface area contributed by atoms with E-state index < -0.39 is 0 Å². The molecule has 4 heteroatoms. The van der Waals surface area contributed by atoms with E-state index in [4.69, 9.17) is 4.74 Å². The predicted octanol–water partition coefficient (Wildman–Crippen LogP) is 8.19. The molecule has 0 aliphatic heterocycles. The van der Waals surface area contributed by atoms with Crippen molar-refractivity contribution < 1.29 is 14.3 Å². The highest BCUT2D eigenvalue weighted by atomic mass is 16.5. The van der Waals surface area contributed by atoms with Crippen molar-refractivity contribution >= 4 is 11.6 Å². The minimum Gasteiger partial charge on any atom is -0.489 e. The maximum absolute atomic E-state index is 11.7. The zero-order valence-electron chi connectivity index (χ0n) is 25.6. The largest absolute Gasteiger partial charge is 0.489 e. The van der Waals surface area contributed by atoms with Crippen molar-refractivity contribution in [2.75, 3.05) is 13.1 Å². The Kier molecular flexibility index (Phi) is 11.3. The van der Waals surface area contributed by atoms with E-state index in [2.05, 4.69) is 69.9 Å². The van der Waals surface area contributed by atoms with Crippen LogP contribution in [-0.2, 0) is 29.8 Å². The molecular weight excluding hydrogens is 494 g/mol. The van der Waals surface area contributed by atoms with Gasteiger partial charge in [-0.1, -0.05) is 75.4 Å². The second-order valence-electron chi connectivity index (χ2n) is 12.2. The van der Waals surface area contributed by atoms with E-state index >= 15 is 0 Å². The number of unbranched alkanes of at least 4 members (excludes halogenated alkanes) is 1. The summed E-state index contributed by atoms with van der Waals surface area (Å²) < 4.78 is 6.43. The zero-order valence-corrected chi connectivity index (χ0v) is 25.6. The standard InChI is InChI=1S/C36H47NO3/c1-26-22-33(36(5,6)7)23-27(2)34(26)25-40-35-14-9-8-13-32(35)19-21-37(20-11-10-12-28(3)38)24-30-15-17-31(18-16-30)29(4)39/h8-9,13-18,22-23H,10-12,19-21,24-25H2,1-7H3. The van der Waals surface area contributed by atoms with Crippen molar-refractivity contribution in [3.63, 3.8) is 0 Å². The van der Waals surface area contributed by atoms with Gasteiger partial charge in [0.2, 0.25) is 0 Å². The van der Waals surface area contributed by atoms with E-state index in [1.807, 2.05) is 30.3 Å². The van der Waals surface area contributed by atoms with Crippen LogP contribution in [0.4, 0.5) is 0 Å². The maximum Gasteiger partial charge on any atom is 0.159 e. The summed E-state index contributed by atoms with van der Waals surface area (Å²) in [5.74, 6) is 1.26. The van der Waals surface area contributed by atoms with Crippen LogP contribution in [0.3, 0.4) is 0 Å². The van der Waals surface area contributed by atoms with Gasteiger partial charge in [0, 0.05) is 25.1 Å². The highest BCUT2D eigenvalue weighted by Gasteiger charge is 2.17. The topological polar surface area (TPSA) is 46.6 Å². The van der Waals surface area contributed by atoms with Gasteiger partial charge in [0.15, 0.2) is 5.78 Å². The van der Waals surface area contributed by atoms with E-state index in [1.54, 1.807) is 13.8 Å². The molecule has 0 aromatic heterocycles. The normalized spacial score (nSPS) is 11.6. The SMILES string of the molecule is CC(=O)CCCCN(CCc1ccccc1OCc1c(C)cc(C(C)(C)C)cc1C)Cc1ccc(C(C)=O)cc1. The van der Waals surface area contributed by atoms with Gasteiger partial charge < -0.3 is 9.53 Å². The Morgan fingerprint density at radius 3 is 2.10 bits per heavy atom. The summed E-state index contributed by atoms with van der Waals surface area (Å²) in [5, 5.41) is 0. The number of nitrogens with zero attached hydrogens (tertiary/aromatic N) is 1. The number of aryl methyl sites for hydroxylation is 2. The smallest absolute Gasteiger partial charge is 0.159 e. The molecule has 40 heavy (non-hydrogen) atoms. The first-order chi connectivity index (χ1) is 18.9. The van der Waals surface area contributed by atoms with Crippen LogP contribution in [-0.4, -0.2) is 29.6 Å². The van der Waals surface area contributed by atoms with Gasteiger partial charge in [0.1, 0.15) is 18.1 Å². The fourth-order valence-corrected chi connectivity index (χ4v) is 5.02. The third-order valence-corrected chi connectivity index (χ3v) is 7.62. The number of ketones is 2. The van der Waals surface area contributed by atoms with Crippen LogP contribution in [0, 0.1) is 13.8 Å². The number of ether oxygens (including phenoxy) is 1. The van der Waals surface area contributed by atoms with Crippen molar-refractivity contribution in [1.29, 1.82) is 0 Å². The fourth-order valence-electron chi connectivity index (χ4n) is 5.02. The average molecular weight is 542 g/mol. The Morgan fingerprint density at radius 1 is 0.850 bits per heavy atom. The molecule has 3 aromatic carbocycles. The average Bonchev–Trinajstić information content (AvgIpc) is 2.89. The quantitative estimate of drug-likeness (QED) is 0.152. The molecule has 0 saturated carbocycles. The van der Waals surface area contributed by atoms with Crippen LogP contribution in [0.5, 0.6) is 5.75 Å². The summed E-state index contributed by atoms with van der Waals surface area (Å²) in [5.41, 5.74) is 8.39. The Balaban J connectivity index is 1.69. The first kappa shape index (κ1) is 31.3. The van der Waals surface area contributed by atoms with Crippen molar-refractivity contribution in [3.8, 4) is 5.75 Å². The van der Waals surface area contributed by atoms with E-state index in [-0.39, 0.29) is 17.0 Å². The molecule has 0 radical (unpaired) electrons. The van der Waals surface area contributed by atoms with Gasteiger partial charge >= 0.3 is 0 Å². The number of hydrogen-bond acceptors (Lipinski definition) is 4. The van der Waals surface area contributed by atoms with Crippen LogP contribution >= 0.6 is 0 Å². The maximum atomic E-state index is 11.7. The lowest BCUT2D eigenvalue weighted by Gasteiger charge is -2.24. The van der Waals surface area contributed by atoms with Gasteiger partial charge in [0.25, 0.3) is 0 Å². The molecule has 0 N–H and O–H groups in total. The van der Waals surface area contributed by atoms with Gasteiger partial charge in [0.05, 0.1) is 0 Å². The summed E-state index contributed by atoms with van der Waals surface area (Å²) in [4.78, 5) is 25.6. The highest BCUT2D eigenvalue weighted by Crippen LogP contribution is 2.28. The van der Waals surface area contributed by atoms with Crippen LogP contribution in [0.15, 0.2) is 60.7 Å². The third kappa shape index (κ3) is 9.45. The molecule has 4 nitrogen and oxygen atoms in total. The van der Waals surface area contributed by atoms with E-state index in [1.165, 1.54) is 33.4 Å². The van der Waals surface area contributed by atoms with Gasteiger partial charge in [-0.25, -0.2) is 0 Å². The van der Waals surface area contributed by atoms with E-state index in [9.17, 15) is 9.59 Å². The van der Waals surface area contributed by atoms with Gasteiger partial charge in [-0.05, 0) is 98.4 Å². The fraction of sp³-hybridized carbons (Fsp3) is 0.444. The second kappa shape index (κ2) is 14.4. The van der Waals surface area contributed by atoms with E-state index in [0.717, 1.165) is 50.2 Å². The lowest BCUT2D eigenvalue weighted by Crippen LogP contribution is -2.27. The Hall–Kier alpha value is -3.24. The molecule has 214 valence electrons. The van der Waals surface area contributed by atoms with Crippen LogP contribution in [0.1, 0.15) is 97.6 Å². The van der Waals surface area contributed by atoms with Crippen LogP contribution < -0.4 is 4.74 Å². The molecule has 0 spiro atoms. The Labute approximate surface area is 241 Å². The van der Waals surface area contributed by atoms with Gasteiger partial charge in [-0.2, -0.15) is 0 Å². The summed E-state index contributed by atoms with van der Waals surface area (Å²) >= 11 is 0. The summed E-state index contributed by atoms with van der Waals surface area (Å²) in [7, 11) is 0. The number of hydrogen-bond donors (Lipinski definition) is 0. The molecule has 0 unspecified atom stereocenters. The monoisotopic (exact) mass is 541 g/mol. The summed E-state index contributed by atoms with van der Waals surface area (Å²) in [6, 6.07) is 20.9. The Bertz CT molecular complexity index is 1260. The molecule has 3 aromatic rings. The van der Waals surface area contributed by atoms with E-state index in [0.29, 0.717) is 13.0 Å². The first-order valence-corrected chi connectivity index (χ1v) is 14.6. The van der Waals surface area contributed by atoms with Crippen LogP contribution in [0.25, 0.3) is 0 Å². The molecule has 0 aliphatic carbocycles. The molecule has 0 aliphatic rings. The van der Waals surface area contributed by atoms with Gasteiger partial charge in [-0.15, -0.1) is 0 Å². The Morgan fingerprint density at radius 2 is 1.50 bits per heavy atom. The number of carbonyl (C=O) groups is 2. The zero-order chi connectivity index (χ0) is 29.3. The van der Waals surface area contributed by atoms with Crippen LogP contribution in [0.2, 0.25) is 0 Å². The number of Topliss-reactive ketones (excluding diaryl/α,β-unsaturated/α-hetero) is 2. The molecular formula is C36H47NO3. The molecule has 0 saturated heterocycles. The summed E-state index contributed by atoms with van der Waals surface area (Å²) in [6.07, 6.45) is 3.39. The molecule has 0 atom stereocenters. The minimum absolute atomic E-state index is 0.0831. The number of para-hydroxylation sites is 1. The first-order valence-electron chi connectivity index (χ1n) is 14.6. The van der Waals surface area contributed by atoms with Crippen molar-refractivity contribution in [3.05, 3.63) is 99.6 Å². The van der Waals surface area contributed by atoms with Crippen molar-refractivity contribution in [1.82, 2.24) is 4.90 Å². The number of benzene rings is 3. The predicted molar refractivity (Wildman–Crippen MR) is 165 cm³/mol. The minimum atomic E-state index is 0.0831. The third-order valence-electron chi connectivity index (χ3n) is 7.62. The number of carbonyl (C=O) groups excluding carboxylic acids is 2. The lowest BCUT2D eigenvalue weighted by molar-refractivity contribution is -0.117.